The van der Waals surface area contributed by atoms with Crippen LogP contribution in [0.2, 0.25) is 0 Å². The third kappa shape index (κ3) is 3.65. The van der Waals surface area contributed by atoms with Gasteiger partial charge in [0.2, 0.25) is 0 Å². The van der Waals surface area contributed by atoms with Crippen LogP contribution in [0.4, 0.5) is 4.39 Å². The second-order valence-electron chi connectivity index (χ2n) is 4.19. The molecule has 0 aliphatic rings. The second kappa shape index (κ2) is 6.14. The number of ketones is 1. The van der Waals surface area contributed by atoms with E-state index in [2.05, 4.69) is 0 Å². The molecule has 0 saturated carbocycles. The molecule has 0 atom stereocenters. The third-order valence-electron chi connectivity index (χ3n) is 2.74. The van der Waals surface area contributed by atoms with Crippen LogP contribution in [0.25, 0.3) is 0 Å². The molecule has 2 rings (SSSR count). The van der Waals surface area contributed by atoms with Crippen molar-refractivity contribution in [3.05, 3.63) is 65.5 Å². The minimum absolute atomic E-state index is 0.0337. The van der Waals surface area contributed by atoms with Crippen molar-refractivity contribution in [1.82, 2.24) is 0 Å². The van der Waals surface area contributed by atoms with Crippen molar-refractivity contribution < 1.29 is 13.9 Å². The van der Waals surface area contributed by atoms with Crippen molar-refractivity contribution in [2.75, 3.05) is 6.61 Å². The molecule has 0 saturated heterocycles. The molecule has 0 amide bonds. The number of ether oxygens (including phenoxy) is 1. The number of benzene rings is 2. The largest absolute Gasteiger partial charge is 0.494 e. The Bertz CT molecular complexity index is 561. The lowest BCUT2D eigenvalue weighted by Gasteiger charge is -2.05. The Kier molecular flexibility index (Phi) is 4.29. The van der Waals surface area contributed by atoms with Gasteiger partial charge in [-0.05, 0) is 48.9 Å². The van der Waals surface area contributed by atoms with E-state index in [1.54, 1.807) is 36.4 Å². The minimum atomic E-state index is -0.322. The quantitative estimate of drug-likeness (QED) is 0.765. The summed E-state index contributed by atoms with van der Waals surface area (Å²) in [7, 11) is 0. The number of hydrogen-bond acceptors (Lipinski definition) is 2. The first-order chi connectivity index (χ1) is 9.19. The fourth-order valence-corrected chi connectivity index (χ4v) is 1.84. The Hall–Kier alpha value is -2.16. The average Bonchev–Trinajstić information content (AvgIpc) is 2.40. The first-order valence-electron chi connectivity index (χ1n) is 6.19. The van der Waals surface area contributed by atoms with Crippen molar-refractivity contribution >= 4 is 5.78 Å². The summed E-state index contributed by atoms with van der Waals surface area (Å²) in [6.45, 7) is 2.50. The van der Waals surface area contributed by atoms with Crippen molar-refractivity contribution in [2.24, 2.45) is 0 Å². The highest BCUT2D eigenvalue weighted by molar-refractivity contribution is 5.97. The molecule has 0 unspecified atom stereocenters. The molecule has 0 aliphatic heterocycles. The van der Waals surface area contributed by atoms with E-state index < -0.39 is 0 Å². The van der Waals surface area contributed by atoms with Gasteiger partial charge in [0, 0.05) is 12.0 Å². The van der Waals surface area contributed by atoms with Gasteiger partial charge in [0.1, 0.15) is 11.6 Å². The second-order valence-corrected chi connectivity index (χ2v) is 4.19. The van der Waals surface area contributed by atoms with Crippen LogP contribution in [0.1, 0.15) is 22.8 Å². The number of carbonyl (C=O) groups is 1. The third-order valence-corrected chi connectivity index (χ3v) is 2.74. The van der Waals surface area contributed by atoms with Gasteiger partial charge in [-0.25, -0.2) is 4.39 Å². The zero-order chi connectivity index (χ0) is 13.7. The topological polar surface area (TPSA) is 26.3 Å². The van der Waals surface area contributed by atoms with Gasteiger partial charge in [0.05, 0.1) is 6.61 Å². The van der Waals surface area contributed by atoms with Crippen molar-refractivity contribution in [1.29, 1.82) is 0 Å². The van der Waals surface area contributed by atoms with Gasteiger partial charge in [-0.2, -0.15) is 0 Å². The van der Waals surface area contributed by atoms with Gasteiger partial charge in [-0.3, -0.25) is 4.79 Å². The van der Waals surface area contributed by atoms with E-state index in [4.69, 9.17) is 4.74 Å². The molecular weight excluding hydrogens is 243 g/mol. The smallest absolute Gasteiger partial charge is 0.167 e. The molecule has 0 aliphatic carbocycles. The van der Waals surface area contributed by atoms with Crippen LogP contribution in [0, 0.1) is 5.82 Å². The standard InChI is InChI=1S/C16H15FO2/c1-2-19-15-8-6-13(7-9-15)16(18)11-12-4-3-5-14(17)10-12/h3-10H,2,11H2,1H3. The monoisotopic (exact) mass is 258 g/mol. The van der Waals surface area contributed by atoms with Crippen LogP contribution in [-0.4, -0.2) is 12.4 Å². The number of carbonyl (C=O) groups excluding carboxylic acids is 1. The number of rotatable bonds is 5. The highest BCUT2D eigenvalue weighted by atomic mass is 19.1. The fourth-order valence-electron chi connectivity index (χ4n) is 1.84. The lowest BCUT2D eigenvalue weighted by Crippen LogP contribution is -2.03. The molecule has 0 N–H and O–H groups in total. The molecule has 2 aromatic carbocycles. The average molecular weight is 258 g/mol. The SMILES string of the molecule is CCOc1ccc(C(=O)Cc2cccc(F)c2)cc1. The van der Waals surface area contributed by atoms with Gasteiger partial charge in [-0.1, -0.05) is 12.1 Å². The lowest BCUT2D eigenvalue weighted by molar-refractivity contribution is 0.0993. The van der Waals surface area contributed by atoms with Crippen molar-refractivity contribution in [3.63, 3.8) is 0 Å². The summed E-state index contributed by atoms with van der Waals surface area (Å²) in [6, 6.07) is 13.1. The molecule has 0 fully saturated rings. The first-order valence-corrected chi connectivity index (χ1v) is 6.19. The molecule has 0 heterocycles. The molecule has 0 aromatic heterocycles. The maximum absolute atomic E-state index is 13.0. The molecule has 0 spiro atoms. The molecule has 98 valence electrons. The fraction of sp³-hybridized carbons (Fsp3) is 0.188. The van der Waals surface area contributed by atoms with Crippen LogP contribution < -0.4 is 4.74 Å². The minimum Gasteiger partial charge on any atom is -0.494 e. The Labute approximate surface area is 111 Å². The molecule has 3 heteroatoms. The van der Waals surface area contributed by atoms with E-state index in [9.17, 15) is 9.18 Å². The number of halogens is 1. The van der Waals surface area contributed by atoms with Crippen LogP contribution in [-0.2, 0) is 6.42 Å². The maximum Gasteiger partial charge on any atom is 0.167 e. The Morgan fingerprint density at radius 3 is 2.53 bits per heavy atom. The number of Topliss-reactive ketones (excluding diaryl/α,β-unsaturated/α-hetero) is 1. The van der Waals surface area contributed by atoms with Crippen LogP contribution in [0.15, 0.2) is 48.5 Å². The van der Waals surface area contributed by atoms with Gasteiger partial charge in [0.25, 0.3) is 0 Å². The van der Waals surface area contributed by atoms with Crippen molar-refractivity contribution in [3.8, 4) is 5.75 Å². The zero-order valence-corrected chi connectivity index (χ0v) is 10.7. The van der Waals surface area contributed by atoms with Crippen LogP contribution >= 0.6 is 0 Å². The summed E-state index contributed by atoms with van der Waals surface area (Å²) in [5.41, 5.74) is 1.28. The van der Waals surface area contributed by atoms with Gasteiger partial charge >= 0.3 is 0 Å². The Balaban J connectivity index is 2.07. The molecule has 0 radical (unpaired) electrons. The highest BCUT2D eigenvalue weighted by Gasteiger charge is 2.07. The van der Waals surface area contributed by atoms with E-state index in [0.29, 0.717) is 17.7 Å². The summed E-state index contributed by atoms with van der Waals surface area (Å²) >= 11 is 0. The summed E-state index contributed by atoms with van der Waals surface area (Å²) in [5.74, 6) is 0.385. The van der Waals surface area contributed by atoms with E-state index in [0.717, 1.165) is 5.75 Å². The van der Waals surface area contributed by atoms with Gasteiger partial charge in [0.15, 0.2) is 5.78 Å². The molecule has 2 nitrogen and oxygen atoms in total. The van der Waals surface area contributed by atoms with Gasteiger partial charge < -0.3 is 4.74 Å². The first kappa shape index (κ1) is 13.3. The lowest BCUT2D eigenvalue weighted by atomic mass is 10.0. The maximum atomic E-state index is 13.0. The summed E-state index contributed by atoms with van der Waals surface area (Å²) in [4.78, 5) is 12.0. The Morgan fingerprint density at radius 1 is 1.16 bits per heavy atom. The summed E-state index contributed by atoms with van der Waals surface area (Å²) in [5, 5.41) is 0. The molecule has 0 bridgehead atoms. The van der Waals surface area contributed by atoms with E-state index >= 15 is 0 Å². The summed E-state index contributed by atoms with van der Waals surface area (Å²) < 4.78 is 18.3. The predicted octanol–water partition coefficient (Wildman–Crippen LogP) is 3.65. The Morgan fingerprint density at radius 2 is 1.89 bits per heavy atom. The molecule has 2 aromatic rings. The number of hydrogen-bond donors (Lipinski definition) is 0. The highest BCUT2D eigenvalue weighted by Crippen LogP contribution is 2.14. The van der Waals surface area contributed by atoms with E-state index in [-0.39, 0.29) is 18.0 Å². The zero-order valence-electron chi connectivity index (χ0n) is 10.7. The summed E-state index contributed by atoms with van der Waals surface area (Å²) in [6.07, 6.45) is 0.200. The molecule has 19 heavy (non-hydrogen) atoms. The van der Waals surface area contributed by atoms with Crippen LogP contribution in [0.3, 0.4) is 0 Å². The van der Waals surface area contributed by atoms with E-state index in [1.165, 1.54) is 12.1 Å². The van der Waals surface area contributed by atoms with Gasteiger partial charge in [-0.15, -0.1) is 0 Å². The molecular formula is C16H15FO2. The van der Waals surface area contributed by atoms with Crippen molar-refractivity contribution in [2.45, 2.75) is 13.3 Å². The van der Waals surface area contributed by atoms with E-state index in [1.807, 2.05) is 6.92 Å². The predicted molar refractivity (Wildman–Crippen MR) is 72.0 cm³/mol. The van der Waals surface area contributed by atoms with Crippen LogP contribution in [0.5, 0.6) is 5.75 Å². The normalized spacial score (nSPS) is 10.2.